The summed E-state index contributed by atoms with van der Waals surface area (Å²) >= 11 is 0. The van der Waals surface area contributed by atoms with Gasteiger partial charge in [-0.05, 0) is 26.7 Å². The van der Waals surface area contributed by atoms with Crippen molar-refractivity contribution in [1.82, 2.24) is 0 Å². The summed E-state index contributed by atoms with van der Waals surface area (Å²) in [5.74, 6) is -0.350. The van der Waals surface area contributed by atoms with Gasteiger partial charge >= 0.3 is 5.97 Å². The molecule has 1 atom stereocenters. The molecule has 0 aliphatic heterocycles. The molecule has 76 valence electrons. The molecule has 0 aliphatic carbocycles. The first kappa shape index (κ1) is 12.2. The first-order valence-corrected chi connectivity index (χ1v) is 4.50. The highest BCUT2D eigenvalue weighted by molar-refractivity contribution is 5.70. The maximum absolute atomic E-state index is 11.0. The Morgan fingerprint density at radius 1 is 1.69 bits per heavy atom. The van der Waals surface area contributed by atoms with Gasteiger partial charge in [-0.2, -0.15) is 0 Å². The van der Waals surface area contributed by atoms with Gasteiger partial charge in [0.1, 0.15) is 0 Å². The minimum Gasteiger partial charge on any atom is -0.466 e. The maximum Gasteiger partial charge on any atom is 0.308 e. The summed E-state index contributed by atoms with van der Waals surface area (Å²) < 4.78 is 4.73. The number of allylic oxidation sites excluding steroid dienone is 1. The van der Waals surface area contributed by atoms with E-state index in [4.69, 9.17) is 4.74 Å². The molecule has 3 nitrogen and oxygen atoms in total. The van der Waals surface area contributed by atoms with Crippen LogP contribution in [0.5, 0.6) is 0 Å². The Kier molecular flexibility index (Phi) is 5.39. The highest BCUT2D eigenvalue weighted by Crippen LogP contribution is 2.17. The lowest BCUT2D eigenvalue weighted by Gasteiger charge is -2.20. The Morgan fingerprint density at radius 2 is 2.31 bits per heavy atom. The van der Waals surface area contributed by atoms with Crippen molar-refractivity contribution in [2.24, 2.45) is 0 Å². The fourth-order valence-electron chi connectivity index (χ4n) is 1.02. The number of hydrogen-bond donors (Lipinski definition) is 1. The minimum atomic E-state index is -0.972. The molecule has 0 aromatic rings. The van der Waals surface area contributed by atoms with Gasteiger partial charge in [0.05, 0.1) is 18.6 Å². The highest BCUT2D eigenvalue weighted by Gasteiger charge is 2.23. The lowest BCUT2D eigenvalue weighted by Crippen LogP contribution is -2.28. The Hall–Kier alpha value is -0.830. The first-order chi connectivity index (χ1) is 6.02. The second kappa shape index (κ2) is 5.75. The van der Waals surface area contributed by atoms with Crippen LogP contribution in [0.25, 0.3) is 0 Å². The summed E-state index contributed by atoms with van der Waals surface area (Å²) in [5, 5.41) is 9.69. The number of hydrogen-bond acceptors (Lipinski definition) is 3. The van der Waals surface area contributed by atoms with Gasteiger partial charge in [0.25, 0.3) is 0 Å². The molecule has 3 heteroatoms. The molecule has 0 fully saturated rings. The monoisotopic (exact) mass is 186 g/mol. The molecular weight excluding hydrogens is 168 g/mol. The highest BCUT2D eigenvalue weighted by atomic mass is 16.5. The van der Waals surface area contributed by atoms with Crippen molar-refractivity contribution in [3.63, 3.8) is 0 Å². The van der Waals surface area contributed by atoms with E-state index in [-0.39, 0.29) is 12.4 Å². The molecule has 0 radical (unpaired) electrons. The molecule has 0 aromatic carbocycles. The molecule has 1 N–H and O–H groups in total. The van der Waals surface area contributed by atoms with Gasteiger partial charge in [-0.3, -0.25) is 4.79 Å². The molecule has 0 bridgehead atoms. The molecule has 13 heavy (non-hydrogen) atoms. The van der Waals surface area contributed by atoms with Crippen molar-refractivity contribution < 1.29 is 14.6 Å². The van der Waals surface area contributed by atoms with Gasteiger partial charge < -0.3 is 9.84 Å². The van der Waals surface area contributed by atoms with Crippen LogP contribution in [0.15, 0.2) is 12.7 Å². The zero-order chi connectivity index (χ0) is 10.3. The molecule has 0 amide bonds. The van der Waals surface area contributed by atoms with E-state index < -0.39 is 5.60 Å². The average molecular weight is 186 g/mol. The second-order valence-electron chi connectivity index (χ2n) is 3.31. The summed E-state index contributed by atoms with van der Waals surface area (Å²) in [7, 11) is 0. The standard InChI is InChI=1S/C10H18O3/c1-4-6-7-10(3,12)8-9(11)13-5-2/h4,12H,1,5-8H2,2-3H3/t10-/m0/s1. The Labute approximate surface area is 79.4 Å². The third-order valence-corrected chi connectivity index (χ3v) is 1.72. The fraction of sp³-hybridized carbons (Fsp3) is 0.700. The van der Waals surface area contributed by atoms with Crippen molar-refractivity contribution in [3.05, 3.63) is 12.7 Å². The lowest BCUT2D eigenvalue weighted by atomic mass is 9.96. The third kappa shape index (κ3) is 6.34. The van der Waals surface area contributed by atoms with Crippen LogP contribution in [0.1, 0.15) is 33.1 Å². The van der Waals surface area contributed by atoms with Crippen LogP contribution in [0, 0.1) is 0 Å². The smallest absolute Gasteiger partial charge is 0.308 e. The Balaban J connectivity index is 3.85. The summed E-state index contributed by atoms with van der Waals surface area (Å²) in [6.07, 6.45) is 3.01. The number of rotatable bonds is 6. The van der Waals surface area contributed by atoms with Crippen LogP contribution in [0.4, 0.5) is 0 Å². The zero-order valence-electron chi connectivity index (χ0n) is 8.38. The van der Waals surface area contributed by atoms with E-state index in [1.807, 2.05) is 0 Å². The molecule has 0 unspecified atom stereocenters. The minimum absolute atomic E-state index is 0.0503. The van der Waals surface area contributed by atoms with Gasteiger partial charge in [0.2, 0.25) is 0 Å². The van der Waals surface area contributed by atoms with Gasteiger partial charge in [0.15, 0.2) is 0 Å². The fourth-order valence-corrected chi connectivity index (χ4v) is 1.02. The van der Waals surface area contributed by atoms with Gasteiger partial charge in [-0.1, -0.05) is 6.08 Å². The van der Waals surface area contributed by atoms with Crippen molar-refractivity contribution in [3.8, 4) is 0 Å². The van der Waals surface area contributed by atoms with E-state index in [1.165, 1.54) is 0 Å². The number of ether oxygens (including phenoxy) is 1. The van der Waals surface area contributed by atoms with Crippen LogP contribution < -0.4 is 0 Å². The number of carbonyl (C=O) groups is 1. The molecule has 0 aromatic heterocycles. The summed E-state index contributed by atoms with van der Waals surface area (Å²) in [5.41, 5.74) is -0.972. The van der Waals surface area contributed by atoms with Gasteiger partial charge in [0, 0.05) is 0 Å². The summed E-state index contributed by atoms with van der Waals surface area (Å²) in [6.45, 7) is 7.29. The molecule has 0 rings (SSSR count). The maximum atomic E-state index is 11.0. The topological polar surface area (TPSA) is 46.5 Å². The number of aliphatic hydroxyl groups is 1. The average Bonchev–Trinajstić information content (AvgIpc) is 2.00. The van der Waals surface area contributed by atoms with Crippen LogP contribution in [-0.4, -0.2) is 23.3 Å². The van der Waals surface area contributed by atoms with Crippen LogP contribution in [0.2, 0.25) is 0 Å². The SMILES string of the molecule is C=CCC[C@](C)(O)CC(=O)OCC. The normalized spacial score (nSPS) is 14.7. The van der Waals surface area contributed by atoms with Gasteiger partial charge in [-0.15, -0.1) is 6.58 Å². The molecule has 0 aliphatic rings. The van der Waals surface area contributed by atoms with Crippen molar-refractivity contribution >= 4 is 5.97 Å². The summed E-state index contributed by atoms with van der Waals surface area (Å²) in [6, 6.07) is 0. The van der Waals surface area contributed by atoms with E-state index in [2.05, 4.69) is 6.58 Å². The Bertz CT molecular complexity index is 173. The number of carbonyl (C=O) groups excluding carboxylic acids is 1. The van der Waals surface area contributed by atoms with E-state index in [1.54, 1.807) is 19.9 Å². The quantitative estimate of drug-likeness (QED) is 0.507. The van der Waals surface area contributed by atoms with Crippen molar-refractivity contribution in [2.45, 2.75) is 38.7 Å². The Morgan fingerprint density at radius 3 is 2.77 bits per heavy atom. The van der Waals surface area contributed by atoms with E-state index in [9.17, 15) is 9.90 Å². The predicted molar refractivity (Wildman–Crippen MR) is 51.3 cm³/mol. The van der Waals surface area contributed by atoms with Crippen molar-refractivity contribution in [1.29, 1.82) is 0 Å². The van der Waals surface area contributed by atoms with Crippen LogP contribution in [-0.2, 0) is 9.53 Å². The molecular formula is C10H18O3. The molecule has 0 heterocycles. The predicted octanol–water partition coefficient (Wildman–Crippen LogP) is 1.66. The first-order valence-electron chi connectivity index (χ1n) is 4.50. The molecule has 0 saturated heterocycles. The van der Waals surface area contributed by atoms with Crippen LogP contribution >= 0.6 is 0 Å². The second-order valence-corrected chi connectivity index (χ2v) is 3.31. The summed E-state index contributed by atoms with van der Waals surface area (Å²) in [4.78, 5) is 11.0. The largest absolute Gasteiger partial charge is 0.466 e. The van der Waals surface area contributed by atoms with Crippen LogP contribution in [0.3, 0.4) is 0 Å². The third-order valence-electron chi connectivity index (χ3n) is 1.72. The van der Waals surface area contributed by atoms with Gasteiger partial charge in [-0.25, -0.2) is 0 Å². The number of esters is 1. The molecule has 0 saturated carbocycles. The van der Waals surface area contributed by atoms with E-state index >= 15 is 0 Å². The van der Waals surface area contributed by atoms with Crippen molar-refractivity contribution in [2.75, 3.05) is 6.61 Å². The van der Waals surface area contributed by atoms with E-state index in [0.29, 0.717) is 19.4 Å². The van der Waals surface area contributed by atoms with E-state index in [0.717, 1.165) is 0 Å². The molecule has 0 spiro atoms. The lowest BCUT2D eigenvalue weighted by molar-refractivity contribution is -0.148. The zero-order valence-corrected chi connectivity index (χ0v) is 8.38.